The molecule has 7 heteroatoms. The molecule has 7 nitrogen and oxygen atoms in total. The molecule has 134 valence electrons. The zero-order valence-electron chi connectivity index (χ0n) is 14.8. The normalized spacial score (nSPS) is 10.7. The summed E-state index contributed by atoms with van der Waals surface area (Å²) in [7, 11) is 0. The van der Waals surface area contributed by atoms with Gasteiger partial charge in [0, 0.05) is 11.1 Å². The number of hydrogen-bond acceptors (Lipinski definition) is 6. The summed E-state index contributed by atoms with van der Waals surface area (Å²) in [5, 5.41) is 23.0. The van der Waals surface area contributed by atoms with Crippen LogP contribution in [0.4, 0.5) is 5.95 Å². The average molecular weight is 359 g/mol. The zero-order chi connectivity index (χ0) is 19.4. The van der Waals surface area contributed by atoms with Gasteiger partial charge in [0.05, 0.1) is 11.9 Å². The lowest BCUT2D eigenvalue weighted by Gasteiger charge is -2.07. The van der Waals surface area contributed by atoms with Gasteiger partial charge >= 0.3 is 0 Å². The Labute approximate surface area is 155 Å². The maximum absolute atomic E-state index is 12.2. The van der Waals surface area contributed by atoms with Crippen molar-refractivity contribution in [1.29, 1.82) is 5.26 Å². The topological polar surface area (TPSA) is 114 Å². The van der Waals surface area contributed by atoms with E-state index in [1.165, 1.54) is 0 Å². The summed E-state index contributed by atoms with van der Waals surface area (Å²) >= 11 is 0. The monoisotopic (exact) mass is 359 g/mol. The number of benzene rings is 2. The number of aromatic hydroxyl groups is 1. The molecule has 0 atom stereocenters. The number of hydrazone groups is 1. The van der Waals surface area contributed by atoms with Crippen LogP contribution in [0.5, 0.6) is 5.75 Å². The number of aromatic amines is 1. The van der Waals surface area contributed by atoms with E-state index in [0.29, 0.717) is 5.56 Å². The molecule has 0 unspecified atom stereocenters. The van der Waals surface area contributed by atoms with Crippen molar-refractivity contribution in [2.24, 2.45) is 5.10 Å². The fourth-order valence-electron chi connectivity index (χ4n) is 2.75. The third-order valence-electron chi connectivity index (χ3n) is 4.02. The smallest absolute Gasteiger partial charge is 0.270 e. The van der Waals surface area contributed by atoms with E-state index < -0.39 is 5.56 Å². The number of aryl methyl sites for hydroxylation is 2. The van der Waals surface area contributed by atoms with Gasteiger partial charge in [-0.3, -0.25) is 9.78 Å². The van der Waals surface area contributed by atoms with Crippen molar-refractivity contribution in [3.8, 4) is 23.1 Å². The van der Waals surface area contributed by atoms with Crippen LogP contribution in [0.2, 0.25) is 0 Å². The van der Waals surface area contributed by atoms with E-state index in [4.69, 9.17) is 0 Å². The minimum atomic E-state index is -0.541. The maximum Gasteiger partial charge on any atom is 0.270 e. The van der Waals surface area contributed by atoms with Crippen LogP contribution in [0.25, 0.3) is 11.3 Å². The first kappa shape index (κ1) is 17.9. The van der Waals surface area contributed by atoms with Gasteiger partial charge < -0.3 is 5.11 Å². The first-order valence-corrected chi connectivity index (χ1v) is 8.18. The van der Waals surface area contributed by atoms with Gasteiger partial charge in [-0.25, -0.2) is 10.4 Å². The van der Waals surface area contributed by atoms with Crippen molar-refractivity contribution in [2.75, 3.05) is 5.43 Å². The Balaban J connectivity index is 1.94. The highest BCUT2D eigenvalue weighted by atomic mass is 16.3. The molecule has 0 amide bonds. The van der Waals surface area contributed by atoms with Crippen molar-refractivity contribution >= 4 is 12.2 Å². The molecule has 0 radical (unpaired) electrons. The third kappa shape index (κ3) is 3.85. The largest absolute Gasteiger partial charge is 0.508 e. The molecule has 2 aromatic carbocycles. The number of hydrogen-bond donors (Lipinski definition) is 3. The Morgan fingerprint density at radius 1 is 1.22 bits per heavy atom. The maximum atomic E-state index is 12.2. The van der Waals surface area contributed by atoms with Crippen LogP contribution < -0.4 is 11.0 Å². The number of nitriles is 1. The molecular formula is C20H17N5O2. The van der Waals surface area contributed by atoms with E-state index in [-0.39, 0.29) is 23.0 Å². The number of anilines is 1. The Bertz CT molecular complexity index is 1090. The number of aromatic nitrogens is 2. The van der Waals surface area contributed by atoms with E-state index >= 15 is 0 Å². The first-order chi connectivity index (χ1) is 13.0. The number of nitrogens with zero attached hydrogens (tertiary/aromatic N) is 3. The lowest BCUT2D eigenvalue weighted by atomic mass is 10.0. The van der Waals surface area contributed by atoms with Gasteiger partial charge in [0.15, 0.2) is 0 Å². The number of phenols is 1. The van der Waals surface area contributed by atoms with Gasteiger partial charge in [-0.05, 0) is 37.1 Å². The molecule has 0 aliphatic carbocycles. The molecule has 0 aliphatic heterocycles. The minimum absolute atomic E-state index is 0.0547. The lowest BCUT2D eigenvalue weighted by molar-refractivity contribution is 0.474. The molecule has 27 heavy (non-hydrogen) atoms. The summed E-state index contributed by atoms with van der Waals surface area (Å²) in [5.74, 6) is 0.323. The number of phenolic OH excluding ortho intramolecular Hbond substituents is 1. The highest BCUT2D eigenvalue weighted by Gasteiger charge is 2.12. The predicted molar refractivity (Wildman–Crippen MR) is 104 cm³/mol. The van der Waals surface area contributed by atoms with E-state index in [9.17, 15) is 15.2 Å². The molecule has 0 fully saturated rings. The molecule has 3 aromatic rings. The van der Waals surface area contributed by atoms with Gasteiger partial charge in [0.1, 0.15) is 17.4 Å². The van der Waals surface area contributed by atoms with Gasteiger partial charge in [-0.1, -0.05) is 30.3 Å². The van der Waals surface area contributed by atoms with Crippen molar-refractivity contribution in [3.05, 3.63) is 75.1 Å². The zero-order valence-corrected chi connectivity index (χ0v) is 14.8. The summed E-state index contributed by atoms with van der Waals surface area (Å²) in [6.45, 7) is 3.73. The standard InChI is InChI=1S/C20H17N5O2/c1-12-8-15(26)9-13(2)17(12)11-22-25-20-23-18(14-6-4-3-5-7-14)16(10-21)19(27)24-20/h3-9,11,26H,1-2H3,(H2,23,24,25,27). The van der Waals surface area contributed by atoms with Crippen LogP contribution >= 0.6 is 0 Å². The lowest BCUT2D eigenvalue weighted by Crippen LogP contribution is -2.16. The highest BCUT2D eigenvalue weighted by Crippen LogP contribution is 2.20. The quantitative estimate of drug-likeness (QED) is 0.489. The van der Waals surface area contributed by atoms with Crippen LogP contribution in [0.1, 0.15) is 22.3 Å². The molecule has 3 rings (SSSR count). The molecule has 0 saturated heterocycles. The van der Waals surface area contributed by atoms with Crippen LogP contribution in [0.15, 0.2) is 52.4 Å². The number of nitrogens with one attached hydrogen (secondary N) is 2. The minimum Gasteiger partial charge on any atom is -0.508 e. The number of rotatable bonds is 4. The van der Waals surface area contributed by atoms with Crippen LogP contribution in [0, 0.1) is 25.2 Å². The third-order valence-corrected chi connectivity index (χ3v) is 4.02. The molecule has 0 spiro atoms. The second-order valence-electron chi connectivity index (χ2n) is 5.98. The summed E-state index contributed by atoms with van der Waals surface area (Å²) in [4.78, 5) is 19.0. The van der Waals surface area contributed by atoms with Gasteiger partial charge in [-0.15, -0.1) is 0 Å². The highest BCUT2D eigenvalue weighted by molar-refractivity contribution is 5.84. The van der Waals surface area contributed by atoms with Crippen molar-refractivity contribution in [3.63, 3.8) is 0 Å². The van der Waals surface area contributed by atoms with E-state index in [1.54, 1.807) is 42.6 Å². The summed E-state index contributed by atoms with van der Waals surface area (Å²) in [5.41, 5.74) is 5.63. The van der Waals surface area contributed by atoms with E-state index in [2.05, 4.69) is 20.5 Å². The fourth-order valence-corrected chi connectivity index (χ4v) is 2.75. The Morgan fingerprint density at radius 2 is 1.89 bits per heavy atom. The second-order valence-corrected chi connectivity index (χ2v) is 5.98. The SMILES string of the molecule is Cc1cc(O)cc(C)c1C=NNc1nc(-c2ccccc2)c(C#N)c(=O)[nH]1. The van der Waals surface area contributed by atoms with Gasteiger partial charge in [0.25, 0.3) is 5.56 Å². The molecular weight excluding hydrogens is 342 g/mol. The predicted octanol–water partition coefficient (Wildman–Crippen LogP) is 3.08. The molecule has 1 heterocycles. The Hall–Kier alpha value is -3.92. The molecule has 1 aromatic heterocycles. The van der Waals surface area contributed by atoms with Crippen molar-refractivity contribution in [2.45, 2.75) is 13.8 Å². The molecule has 0 saturated carbocycles. The van der Waals surface area contributed by atoms with Gasteiger partial charge in [0.2, 0.25) is 5.95 Å². The average Bonchev–Trinajstić information content (AvgIpc) is 2.64. The Kier molecular flexibility index (Phi) is 4.99. The summed E-state index contributed by atoms with van der Waals surface area (Å²) in [6, 6.07) is 14.2. The van der Waals surface area contributed by atoms with Gasteiger partial charge in [-0.2, -0.15) is 10.4 Å². The van der Waals surface area contributed by atoms with Crippen molar-refractivity contribution in [1.82, 2.24) is 9.97 Å². The van der Waals surface area contributed by atoms with Crippen LogP contribution in [-0.2, 0) is 0 Å². The fraction of sp³-hybridized carbons (Fsp3) is 0.100. The summed E-state index contributed by atoms with van der Waals surface area (Å²) in [6.07, 6.45) is 1.59. The second kappa shape index (κ2) is 7.54. The number of H-pyrrole nitrogens is 1. The summed E-state index contributed by atoms with van der Waals surface area (Å²) < 4.78 is 0. The van der Waals surface area contributed by atoms with E-state index in [0.717, 1.165) is 16.7 Å². The Morgan fingerprint density at radius 3 is 2.52 bits per heavy atom. The van der Waals surface area contributed by atoms with Crippen molar-refractivity contribution < 1.29 is 5.11 Å². The van der Waals surface area contributed by atoms with Crippen LogP contribution in [0.3, 0.4) is 0 Å². The molecule has 0 aliphatic rings. The van der Waals surface area contributed by atoms with E-state index in [1.807, 2.05) is 26.0 Å². The van der Waals surface area contributed by atoms with Crippen LogP contribution in [-0.4, -0.2) is 21.3 Å². The first-order valence-electron chi connectivity index (χ1n) is 8.18. The molecule has 3 N–H and O–H groups in total. The molecule has 0 bridgehead atoms.